The number of allylic oxidation sites excluding steroid dienone is 1. The topological polar surface area (TPSA) is 84.0 Å². The van der Waals surface area contributed by atoms with Gasteiger partial charge in [-0.15, -0.1) is 5.06 Å². The van der Waals surface area contributed by atoms with Gasteiger partial charge in [0.1, 0.15) is 0 Å². The number of likely N-dealkylation sites (tertiary alicyclic amines) is 1. The summed E-state index contributed by atoms with van der Waals surface area (Å²) < 4.78 is 0. The number of imide groups is 1. The molecule has 0 aromatic heterocycles. The van der Waals surface area contributed by atoms with Crippen LogP contribution in [0.4, 0.5) is 0 Å². The molecular formula is C16H22N2O5. The normalized spacial score (nSPS) is 21.8. The second kappa shape index (κ2) is 6.93. The lowest BCUT2D eigenvalue weighted by atomic mass is 9.94. The van der Waals surface area contributed by atoms with Crippen LogP contribution in [-0.2, 0) is 24.0 Å². The molecule has 1 unspecified atom stereocenters. The van der Waals surface area contributed by atoms with E-state index in [-0.39, 0.29) is 48.9 Å². The van der Waals surface area contributed by atoms with Crippen molar-refractivity contribution in [1.82, 2.24) is 9.96 Å². The molecule has 2 rings (SSSR count). The van der Waals surface area contributed by atoms with Crippen molar-refractivity contribution in [3.63, 3.8) is 0 Å². The zero-order valence-corrected chi connectivity index (χ0v) is 13.5. The Labute approximate surface area is 135 Å². The van der Waals surface area contributed by atoms with E-state index in [2.05, 4.69) is 6.58 Å². The number of amides is 3. The number of carbonyl (C=O) groups is 4. The minimum Gasteiger partial charge on any atom is -0.334 e. The van der Waals surface area contributed by atoms with E-state index in [1.54, 1.807) is 0 Å². The first-order chi connectivity index (χ1) is 10.8. The van der Waals surface area contributed by atoms with Gasteiger partial charge in [0.05, 0.1) is 5.70 Å². The molecule has 2 saturated heterocycles. The van der Waals surface area contributed by atoms with Crippen LogP contribution < -0.4 is 0 Å². The van der Waals surface area contributed by atoms with Crippen LogP contribution in [0.1, 0.15) is 46.0 Å². The zero-order valence-electron chi connectivity index (χ0n) is 13.5. The standard InChI is InChI=1S/C16H22N2O5/c1-10(2)12-9-14(20)17(16(12)22)8-4-5-15(21)23-18-11(3)6-7-13(18)19/h10,12H,3-9H2,1-2H3. The van der Waals surface area contributed by atoms with Crippen LogP contribution in [0.25, 0.3) is 0 Å². The molecule has 0 aromatic carbocycles. The Morgan fingerprint density at radius 1 is 1.26 bits per heavy atom. The number of nitrogens with zero attached hydrogens (tertiary/aromatic N) is 2. The highest BCUT2D eigenvalue weighted by atomic mass is 16.7. The molecule has 1 atom stereocenters. The van der Waals surface area contributed by atoms with Crippen LogP contribution in [0, 0.1) is 11.8 Å². The van der Waals surface area contributed by atoms with Gasteiger partial charge in [0, 0.05) is 31.7 Å². The number of hydroxylamine groups is 2. The molecule has 2 aliphatic heterocycles. The third-order valence-electron chi connectivity index (χ3n) is 4.18. The van der Waals surface area contributed by atoms with Crippen molar-refractivity contribution in [1.29, 1.82) is 0 Å². The Hall–Kier alpha value is -2.18. The lowest BCUT2D eigenvalue weighted by Gasteiger charge is -2.17. The average Bonchev–Trinajstić information content (AvgIpc) is 2.94. The van der Waals surface area contributed by atoms with Gasteiger partial charge in [-0.3, -0.25) is 19.3 Å². The third-order valence-corrected chi connectivity index (χ3v) is 4.18. The third kappa shape index (κ3) is 3.78. The van der Waals surface area contributed by atoms with Gasteiger partial charge >= 0.3 is 5.97 Å². The maximum absolute atomic E-state index is 12.1. The highest BCUT2D eigenvalue weighted by molar-refractivity contribution is 6.03. The summed E-state index contributed by atoms with van der Waals surface area (Å²) in [5.74, 6) is -1.35. The van der Waals surface area contributed by atoms with E-state index in [4.69, 9.17) is 4.84 Å². The molecule has 0 bridgehead atoms. The van der Waals surface area contributed by atoms with Crippen molar-refractivity contribution in [2.24, 2.45) is 11.8 Å². The molecule has 2 aliphatic rings. The SMILES string of the molecule is C=C1CCC(=O)N1OC(=O)CCCN1C(=O)CC(C(C)C)C1=O. The Morgan fingerprint density at radius 3 is 2.48 bits per heavy atom. The molecule has 0 aliphatic carbocycles. The Morgan fingerprint density at radius 2 is 1.96 bits per heavy atom. The second-order valence-electron chi connectivity index (χ2n) is 6.26. The molecule has 7 nitrogen and oxygen atoms in total. The van der Waals surface area contributed by atoms with Crippen molar-refractivity contribution in [2.45, 2.75) is 46.0 Å². The molecular weight excluding hydrogens is 300 g/mol. The van der Waals surface area contributed by atoms with Gasteiger partial charge < -0.3 is 4.84 Å². The molecule has 0 saturated carbocycles. The first kappa shape index (κ1) is 17.2. The first-order valence-electron chi connectivity index (χ1n) is 7.87. The van der Waals surface area contributed by atoms with Crippen molar-refractivity contribution >= 4 is 23.7 Å². The molecule has 0 N–H and O–H groups in total. The van der Waals surface area contributed by atoms with Crippen molar-refractivity contribution in [2.75, 3.05) is 6.54 Å². The Balaban J connectivity index is 1.77. The highest BCUT2D eigenvalue weighted by Gasteiger charge is 2.39. The van der Waals surface area contributed by atoms with E-state index in [1.165, 1.54) is 4.90 Å². The van der Waals surface area contributed by atoms with Crippen LogP contribution in [-0.4, -0.2) is 40.2 Å². The average molecular weight is 322 g/mol. The van der Waals surface area contributed by atoms with Crippen molar-refractivity contribution in [3.05, 3.63) is 12.3 Å². The minimum atomic E-state index is -0.569. The second-order valence-corrected chi connectivity index (χ2v) is 6.26. The van der Waals surface area contributed by atoms with E-state index >= 15 is 0 Å². The first-order valence-corrected chi connectivity index (χ1v) is 7.87. The lowest BCUT2D eigenvalue weighted by Crippen LogP contribution is -2.33. The van der Waals surface area contributed by atoms with Crippen LogP contribution in [0.3, 0.4) is 0 Å². The fraction of sp³-hybridized carbons (Fsp3) is 0.625. The summed E-state index contributed by atoms with van der Waals surface area (Å²) in [5, 5.41) is 0.934. The van der Waals surface area contributed by atoms with Gasteiger partial charge in [0.15, 0.2) is 0 Å². The van der Waals surface area contributed by atoms with Gasteiger partial charge in [0.25, 0.3) is 5.91 Å². The molecule has 23 heavy (non-hydrogen) atoms. The van der Waals surface area contributed by atoms with E-state index in [9.17, 15) is 19.2 Å². The molecule has 2 fully saturated rings. The van der Waals surface area contributed by atoms with Crippen LogP contribution in [0.5, 0.6) is 0 Å². The quantitative estimate of drug-likeness (QED) is 0.690. The molecule has 0 aromatic rings. The molecule has 7 heteroatoms. The fourth-order valence-electron chi connectivity index (χ4n) is 2.74. The fourth-order valence-corrected chi connectivity index (χ4v) is 2.74. The Kier molecular flexibility index (Phi) is 5.18. The zero-order chi connectivity index (χ0) is 17.1. The van der Waals surface area contributed by atoms with E-state index < -0.39 is 5.97 Å². The summed E-state index contributed by atoms with van der Waals surface area (Å²) in [7, 11) is 0. The lowest BCUT2D eigenvalue weighted by molar-refractivity contribution is -0.186. The minimum absolute atomic E-state index is 0.0282. The van der Waals surface area contributed by atoms with Gasteiger partial charge in [-0.25, -0.2) is 4.79 Å². The van der Waals surface area contributed by atoms with Crippen molar-refractivity contribution in [3.8, 4) is 0 Å². The summed E-state index contributed by atoms with van der Waals surface area (Å²) in [6, 6.07) is 0. The summed E-state index contributed by atoms with van der Waals surface area (Å²) in [5.41, 5.74) is 0.466. The number of hydrogen-bond donors (Lipinski definition) is 0. The van der Waals surface area contributed by atoms with Gasteiger partial charge in [-0.1, -0.05) is 20.4 Å². The smallest absolute Gasteiger partial charge is 0.333 e. The predicted octanol–water partition coefficient (Wildman–Crippen LogP) is 1.39. The highest BCUT2D eigenvalue weighted by Crippen LogP contribution is 2.26. The summed E-state index contributed by atoms with van der Waals surface area (Å²) in [6.45, 7) is 7.68. The molecule has 3 amide bonds. The summed E-state index contributed by atoms with van der Waals surface area (Å²) in [4.78, 5) is 53.4. The monoisotopic (exact) mass is 322 g/mol. The molecule has 0 spiro atoms. The number of hydrogen-bond acceptors (Lipinski definition) is 5. The van der Waals surface area contributed by atoms with E-state index in [1.807, 2.05) is 13.8 Å². The summed E-state index contributed by atoms with van der Waals surface area (Å²) in [6.07, 6.45) is 1.36. The van der Waals surface area contributed by atoms with E-state index in [0.29, 0.717) is 25.0 Å². The largest absolute Gasteiger partial charge is 0.334 e. The Bertz CT molecular complexity index is 539. The maximum atomic E-state index is 12.1. The molecule has 2 heterocycles. The van der Waals surface area contributed by atoms with Crippen LogP contribution >= 0.6 is 0 Å². The number of rotatable bonds is 6. The molecule has 126 valence electrons. The number of carbonyl (C=O) groups excluding carboxylic acids is 4. The van der Waals surface area contributed by atoms with Gasteiger partial charge in [-0.05, 0) is 18.8 Å². The maximum Gasteiger partial charge on any atom is 0.333 e. The van der Waals surface area contributed by atoms with Gasteiger partial charge in [0.2, 0.25) is 11.8 Å². The van der Waals surface area contributed by atoms with Gasteiger partial charge in [-0.2, -0.15) is 0 Å². The summed E-state index contributed by atoms with van der Waals surface area (Å²) >= 11 is 0. The van der Waals surface area contributed by atoms with E-state index in [0.717, 1.165) is 5.06 Å². The van der Waals surface area contributed by atoms with Crippen LogP contribution in [0.2, 0.25) is 0 Å². The predicted molar refractivity (Wildman–Crippen MR) is 80.2 cm³/mol. The van der Waals surface area contributed by atoms with Crippen LogP contribution in [0.15, 0.2) is 12.3 Å². The van der Waals surface area contributed by atoms with Crippen molar-refractivity contribution < 1.29 is 24.0 Å². The molecule has 0 radical (unpaired) electrons.